The Balaban J connectivity index is 3.01. The van der Waals surface area contributed by atoms with E-state index in [0.717, 1.165) is 9.88 Å². The normalized spacial score (nSPS) is 13.4. The van der Waals surface area contributed by atoms with Gasteiger partial charge < -0.3 is 5.11 Å². The van der Waals surface area contributed by atoms with Gasteiger partial charge in [0.05, 0.1) is 15.5 Å². The van der Waals surface area contributed by atoms with Crippen LogP contribution in [0.25, 0.3) is 0 Å². The fourth-order valence-electron chi connectivity index (χ4n) is 0.904. The van der Waals surface area contributed by atoms with Crippen molar-refractivity contribution >= 4 is 11.3 Å². The first-order chi connectivity index (χ1) is 5.71. The third-order valence-corrected chi connectivity index (χ3v) is 3.49. The van der Waals surface area contributed by atoms with Crippen molar-refractivity contribution in [2.75, 3.05) is 0 Å². The quantitative estimate of drug-likeness (QED) is 0.754. The van der Waals surface area contributed by atoms with E-state index in [1.54, 1.807) is 31.4 Å². The van der Waals surface area contributed by atoms with Crippen molar-refractivity contribution in [1.82, 2.24) is 4.98 Å². The highest BCUT2D eigenvalue weighted by Crippen LogP contribution is 2.31. The molecule has 0 fully saturated rings. The van der Waals surface area contributed by atoms with Crippen LogP contribution in [0.4, 0.5) is 0 Å². The predicted molar refractivity (Wildman–Crippen MR) is 56.1 cm³/mol. The molecule has 1 rings (SSSR count). The van der Waals surface area contributed by atoms with E-state index in [4.69, 9.17) is 0 Å². The van der Waals surface area contributed by atoms with E-state index in [0.29, 0.717) is 0 Å². The van der Waals surface area contributed by atoms with Crippen LogP contribution in [0.5, 0.6) is 0 Å². The maximum absolute atomic E-state index is 9.74. The Hall–Kier alpha value is -0.410. The molecule has 0 unspecified atom stereocenters. The van der Waals surface area contributed by atoms with Crippen molar-refractivity contribution in [1.29, 1.82) is 0 Å². The van der Waals surface area contributed by atoms with Gasteiger partial charge >= 0.3 is 0 Å². The van der Waals surface area contributed by atoms with Crippen molar-refractivity contribution < 1.29 is 5.11 Å². The number of hydrogen-bond donors (Lipinski definition) is 1. The van der Waals surface area contributed by atoms with Gasteiger partial charge in [-0.25, -0.2) is 4.98 Å². The maximum atomic E-state index is 9.74. The van der Waals surface area contributed by atoms with E-state index in [1.807, 2.05) is 0 Å². The van der Waals surface area contributed by atoms with Crippen molar-refractivity contribution in [3.63, 3.8) is 0 Å². The topological polar surface area (TPSA) is 33.1 Å². The molecular formula is C10H17NOS. The van der Waals surface area contributed by atoms with Gasteiger partial charge in [0.25, 0.3) is 0 Å². The Morgan fingerprint density at radius 1 is 1.23 bits per heavy atom. The van der Waals surface area contributed by atoms with Crippen LogP contribution in [-0.2, 0) is 11.0 Å². The molecule has 13 heavy (non-hydrogen) atoms. The zero-order valence-corrected chi connectivity index (χ0v) is 9.70. The van der Waals surface area contributed by atoms with Gasteiger partial charge in [0.1, 0.15) is 0 Å². The Morgan fingerprint density at radius 2 is 1.77 bits per heavy atom. The van der Waals surface area contributed by atoms with E-state index in [1.165, 1.54) is 0 Å². The lowest BCUT2D eigenvalue weighted by Gasteiger charge is -2.15. The van der Waals surface area contributed by atoms with Gasteiger partial charge in [0, 0.05) is 11.6 Å². The molecule has 1 N–H and O–H groups in total. The second-order valence-corrected chi connectivity index (χ2v) is 5.87. The molecule has 0 radical (unpaired) electrons. The average molecular weight is 199 g/mol. The van der Waals surface area contributed by atoms with E-state index < -0.39 is 5.60 Å². The fourth-order valence-corrected chi connectivity index (χ4v) is 1.88. The molecule has 0 aliphatic rings. The van der Waals surface area contributed by atoms with Crippen LogP contribution in [0.15, 0.2) is 6.20 Å². The summed E-state index contributed by atoms with van der Waals surface area (Å²) in [7, 11) is 0. The van der Waals surface area contributed by atoms with E-state index >= 15 is 0 Å². The zero-order chi connectivity index (χ0) is 10.3. The molecule has 3 heteroatoms. The van der Waals surface area contributed by atoms with E-state index in [-0.39, 0.29) is 5.41 Å². The van der Waals surface area contributed by atoms with Crippen LogP contribution in [-0.4, -0.2) is 10.1 Å². The van der Waals surface area contributed by atoms with Gasteiger partial charge in [-0.1, -0.05) is 20.8 Å². The van der Waals surface area contributed by atoms with E-state index in [2.05, 4.69) is 25.8 Å². The van der Waals surface area contributed by atoms with Crippen LogP contribution in [0, 0.1) is 0 Å². The predicted octanol–water partition coefficient (Wildman–Crippen LogP) is 2.67. The van der Waals surface area contributed by atoms with Crippen LogP contribution >= 0.6 is 11.3 Å². The molecule has 0 bridgehead atoms. The van der Waals surface area contributed by atoms with Gasteiger partial charge in [-0.3, -0.25) is 0 Å². The van der Waals surface area contributed by atoms with Crippen molar-refractivity contribution in [2.24, 2.45) is 0 Å². The molecule has 0 saturated carbocycles. The summed E-state index contributed by atoms with van der Waals surface area (Å²) in [6, 6.07) is 0. The highest BCUT2D eigenvalue weighted by Gasteiger charge is 2.23. The number of rotatable bonds is 1. The summed E-state index contributed by atoms with van der Waals surface area (Å²) in [5.41, 5.74) is -0.685. The highest BCUT2D eigenvalue weighted by atomic mass is 32.1. The molecule has 0 aliphatic carbocycles. The molecule has 0 amide bonds. The average Bonchev–Trinajstić information content (AvgIpc) is 2.28. The minimum absolute atomic E-state index is 0.0775. The third kappa shape index (κ3) is 2.51. The number of aliphatic hydroxyl groups is 1. The monoisotopic (exact) mass is 199 g/mol. The molecule has 2 nitrogen and oxygen atoms in total. The van der Waals surface area contributed by atoms with Crippen LogP contribution < -0.4 is 0 Å². The van der Waals surface area contributed by atoms with Crippen LogP contribution in [0.2, 0.25) is 0 Å². The minimum Gasteiger partial charge on any atom is -0.385 e. The van der Waals surface area contributed by atoms with Crippen molar-refractivity contribution in [3.05, 3.63) is 16.1 Å². The van der Waals surface area contributed by atoms with Crippen LogP contribution in [0.3, 0.4) is 0 Å². The lowest BCUT2D eigenvalue weighted by Crippen LogP contribution is -2.13. The zero-order valence-electron chi connectivity index (χ0n) is 8.88. The summed E-state index contributed by atoms with van der Waals surface area (Å²) < 4.78 is 0. The summed E-state index contributed by atoms with van der Waals surface area (Å²) in [5, 5.41) is 10.8. The molecule has 0 spiro atoms. The van der Waals surface area contributed by atoms with Crippen molar-refractivity contribution in [2.45, 2.75) is 45.6 Å². The Labute approximate surface area is 83.6 Å². The number of aromatic nitrogens is 1. The molecule has 0 aromatic carbocycles. The minimum atomic E-state index is -0.763. The summed E-state index contributed by atoms with van der Waals surface area (Å²) >= 11 is 1.59. The van der Waals surface area contributed by atoms with Gasteiger partial charge in [-0.05, 0) is 13.8 Å². The van der Waals surface area contributed by atoms with Gasteiger partial charge in [0.15, 0.2) is 0 Å². The first kappa shape index (κ1) is 10.7. The molecule has 0 saturated heterocycles. The summed E-state index contributed by atoms with van der Waals surface area (Å²) in [5.74, 6) is 0. The SMILES string of the molecule is CC(C)(C)c1ncc(C(C)(C)O)s1. The molecule has 0 atom stereocenters. The van der Waals surface area contributed by atoms with Gasteiger partial charge in [-0.2, -0.15) is 0 Å². The maximum Gasteiger partial charge on any atom is 0.0982 e. The van der Waals surface area contributed by atoms with Gasteiger partial charge in [-0.15, -0.1) is 11.3 Å². The Bertz CT molecular complexity index is 262. The number of nitrogens with zero attached hydrogens (tertiary/aromatic N) is 1. The molecule has 1 aromatic rings. The molecule has 74 valence electrons. The lowest BCUT2D eigenvalue weighted by atomic mass is 9.98. The van der Waals surface area contributed by atoms with Gasteiger partial charge in [0.2, 0.25) is 0 Å². The molecular weight excluding hydrogens is 182 g/mol. The lowest BCUT2D eigenvalue weighted by molar-refractivity contribution is 0.0823. The Morgan fingerprint density at radius 3 is 2.00 bits per heavy atom. The number of thiazole rings is 1. The van der Waals surface area contributed by atoms with Crippen LogP contribution in [0.1, 0.15) is 44.5 Å². The van der Waals surface area contributed by atoms with Crippen molar-refractivity contribution in [3.8, 4) is 0 Å². The molecule has 1 aromatic heterocycles. The Kier molecular flexibility index (Phi) is 2.52. The summed E-state index contributed by atoms with van der Waals surface area (Å²) in [6.07, 6.45) is 1.77. The smallest absolute Gasteiger partial charge is 0.0982 e. The first-order valence-corrected chi connectivity index (χ1v) is 5.22. The first-order valence-electron chi connectivity index (χ1n) is 4.40. The second kappa shape index (κ2) is 3.07. The summed E-state index contributed by atoms with van der Waals surface area (Å²) in [4.78, 5) is 5.24. The largest absolute Gasteiger partial charge is 0.385 e. The second-order valence-electron chi connectivity index (χ2n) is 4.84. The van der Waals surface area contributed by atoms with E-state index in [9.17, 15) is 5.11 Å². The standard InChI is InChI=1S/C10H17NOS/c1-9(2,3)8-11-6-7(13-8)10(4,5)12/h6,12H,1-5H3. The fraction of sp³-hybridized carbons (Fsp3) is 0.700. The number of hydrogen-bond acceptors (Lipinski definition) is 3. The highest BCUT2D eigenvalue weighted by molar-refractivity contribution is 7.11. The third-order valence-electron chi connectivity index (χ3n) is 1.75. The molecule has 0 aliphatic heterocycles. The summed E-state index contributed by atoms with van der Waals surface area (Å²) in [6.45, 7) is 9.94. The molecule has 1 heterocycles.